The van der Waals surface area contributed by atoms with Crippen molar-refractivity contribution in [2.75, 3.05) is 11.9 Å². The molecule has 24 heavy (non-hydrogen) atoms. The number of hydrogen-bond donors (Lipinski definition) is 1. The third kappa shape index (κ3) is 3.19. The van der Waals surface area contributed by atoms with Gasteiger partial charge in [0.2, 0.25) is 0 Å². The van der Waals surface area contributed by atoms with Crippen molar-refractivity contribution in [2.24, 2.45) is 0 Å². The molecule has 0 bridgehead atoms. The summed E-state index contributed by atoms with van der Waals surface area (Å²) in [5, 5.41) is 4.88. The van der Waals surface area contributed by atoms with Gasteiger partial charge in [0, 0.05) is 22.3 Å². The second-order valence-corrected chi connectivity index (χ2v) is 5.81. The molecule has 0 atom stereocenters. The lowest BCUT2D eigenvalue weighted by Crippen LogP contribution is -2.09. The van der Waals surface area contributed by atoms with Crippen LogP contribution in [0.4, 0.5) is 11.4 Å². The summed E-state index contributed by atoms with van der Waals surface area (Å²) in [6.07, 6.45) is 1.55. The fourth-order valence-corrected chi connectivity index (χ4v) is 2.77. The first-order chi connectivity index (χ1) is 11.6. The Morgan fingerprint density at radius 3 is 2.79 bits per heavy atom. The van der Waals surface area contributed by atoms with Crippen LogP contribution in [0, 0.1) is 6.92 Å². The second kappa shape index (κ2) is 6.89. The highest BCUT2D eigenvalue weighted by molar-refractivity contribution is 6.30. The van der Waals surface area contributed by atoms with Gasteiger partial charge in [-0.3, -0.25) is 4.98 Å². The van der Waals surface area contributed by atoms with E-state index in [1.165, 1.54) is 0 Å². The van der Waals surface area contributed by atoms with Crippen LogP contribution < -0.4 is 5.32 Å². The van der Waals surface area contributed by atoms with Crippen LogP contribution in [-0.2, 0) is 4.74 Å². The van der Waals surface area contributed by atoms with Crippen LogP contribution in [-0.4, -0.2) is 17.6 Å². The lowest BCUT2D eigenvalue weighted by Gasteiger charge is -2.15. The summed E-state index contributed by atoms with van der Waals surface area (Å²) in [4.78, 5) is 16.7. The van der Waals surface area contributed by atoms with Crippen molar-refractivity contribution < 1.29 is 9.53 Å². The van der Waals surface area contributed by atoms with Crippen molar-refractivity contribution in [3.05, 3.63) is 64.8 Å². The molecule has 0 aliphatic heterocycles. The number of benzene rings is 2. The summed E-state index contributed by atoms with van der Waals surface area (Å²) in [5.74, 6) is -0.398. The molecular weight excluding hydrogens is 324 g/mol. The van der Waals surface area contributed by atoms with E-state index in [1.54, 1.807) is 13.1 Å². The van der Waals surface area contributed by atoms with Crippen LogP contribution in [0.5, 0.6) is 0 Å². The minimum atomic E-state index is -0.398. The Morgan fingerprint density at radius 1 is 1.25 bits per heavy atom. The predicted molar refractivity (Wildman–Crippen MR) is 97.2 cm³/mol. The van der Waals surface area contributed by atoms with Gasteiger partial charge in [0.15, 0.2) is 0 Å². The number of aryl methyl sites for hydroxylation is 1. The van der Waals surface area contributed by atoms with E-state index in [2.05, 4.69) is 10.3 Å². The molecule has 0 saturated heterocycles. The average Bonchev–Trinajstić information content (AvgIpc) is 2.57. The Labute approximate surface area is 145 Å². The Balaban J connectivity index is 2.15. The second-order valence-electron chi connectivity index (χ2n) is 5.37. The molecule has 122 valence electrons. The number of para-hydroxylation sites is 1. The first-order valence-electron chi connectivity index (χ1n) is 7.68. The van der Waals surface area contributed by atoms with Crippen LogP contribution >= 0.6 is 11.6 Å². The summed E-state index contributed by atoms with van der Waals surface area (Å²) in [5.41, 5.74) is 3.76. The monoisotopic (exact) mass is 340 g/mol. The Hall–Kier alpha value is -2.59. The SMILES string of the molecule is CCOC(=O)c1cnc2ccccc2c1Nc1ccc(Cl)cc1C. The van der Waals surface area contributed by atoms with E-state index in [-0.39, 0.29) is 0 Å². The van der Waals surface area contributed by atoms with Crippen molar-refractivity contribution in [3.8, 4) is 0 Å². The largest absolute Gasteiger partial charge is 0.462 e. The topological polar surface area (TPSA) is 51.2 Å². The normalized spacial score (nSPS) is 10.6. The Morgan fingerprint density at radius 2 is 2.04 bits per heavy atom. The maximum Gasteiger partial charge on any atom is 0.341 e. The van der Waals surface area contributed by atoms with Crippen LogP contribution in [0.1, 0.15) is 22.8 Å². The van der Waals surface area contributed by atoms with Gasteiger partial charge in [-0.05, 0) is 43.7 Å². The molecule has 5 heteroatoms. The number of rotatable bonds is 4. The van der Waals surface area contributed by atoms with Gasteiger partial charge in [0.25, 0.3) is 0 Å². The number of aromatic nitrogens is 1. The molecule has 2 aromatic carbocycles. The summed E-state index contributed by atoms with van der Waals surface area (Å²) in [6.45, 7) is 4.05. The fourth-order valence-electron chi connectivity index (χ4n) is 2.54. The first-order valence-corrected chi connectivity index (χ1v) is 8.06. The van der Waals surface area contributed by atoms with Gasteiger partial charge >= 0.3 is 5.97 Å². The molecule has 1 N–H and O–H groups in total. The molecule has 1 aromatic heterocycles. The van der Waals surface area contributed by atoms with E-state index in [9.17, 15) is 4.79 Å². The number of anilines is 2. The molecule has 3 rings (SSSR count). The Kier molecular flexibility index (Phi) is 4.67. The van der Waals surface area contributed by atoms with E-state index < -0.39 is 5.97 Å². The highest BCUT2D eigenvalue weighted by Crippen LogP contribution is 2.31. The summed E-state index contributed by atoms with van der Waals surface area (Å²) >= 11 is 6.03. The summed E-state index contributed by atoms with van der Waals surface area (Å²) in [6, 6.07) is 13.2. The van der Waals surface area contributed by atoms with Crippen molar-refractivity contribution in [2.45, 2.75) is 13.8 Å². The van der Waals surface area contributed by atoms with Gasteiger partial charge in [-0.2, -0.15) is 0 Å². The van der Waals surface area contributed by atoms with E-state index in [0.717, 1.165) is 22.2 Å². The predicted octanol–water partition coefficient (Wildman–Crippen LogP) is 5.12. The van der Waals surface area contributed by atoms with Gasteiger partial charge in [-0.25, -0.2) is 4.79 Å². The summed E-state index contributed by atoms with van der Waals surface area (Å²) in [7, 11) is 0. The minimum Gasteiger partial charge on any atom is -0.462 e. The molecule has 0 amide bonds. The number of carbonyl (C=O) groups is 1. The molecule has 0 aliphatic rings. The van der Waals surface area contributed by atoms with Crippen LogP contribution in [0.25, 0.3) is 10.9 Å². The molecule has 1 heterocycles. The lowest BCUT2D eigenvalue weighted by atomic mass is 10.1. The number of pyridine rings is 1. The molecule has 0 spiro atoms. The van der Waals surface area contributed by atoms with Crippen molar-refractivity contribution in [3.63, 3.8) is 0 Å². The van der Waals surface area contributed by atoms with Gasteiger partial charge in [0.05, 0.1) is 17.8 Å². The standard InChI is InChI=1S/C19H17ClN2O2/c1-3-24-19(23)15-11-21-17-7-5-4-6-14(17)18(15)22-16-9-8-13(20)10-12(16)2/h4-11H,3H2,1-2H3,(H,21,22). The number of hydrogen-bond acceptors (Lipinski definition) is 4. The van der Waals surface area contributed by atoms with Gasteiger partial charge in [-0.15, -0.1) is 0 Å². The smallest absolute Gasteiger partial charge is 0.341 e. The van der Waals surface area contributed by atoms with Gasteiger partial charge in [0.1, 0.15) is 5.56 Å². The van der Waals surface area contributed by atoms with E-state index >= 15 is 0 Å². The third-order valence-electron chi connectivity index (χ3n) is 3.72. The maximum absolute atomic E-state index is 12.3. The van der Waals surface area contributed by atoms with Crippen molar-refractivity contribution in [1.29, 1.82) is 0 Å². The molecule has 0 saturated carbocycles. The first kappa shape index (κ1) is 16.3. The lowest BCUT2D eigenvalue weighted by molar-refractivity contribution is 0.0527. The van der Waals surface area contributed by atoms with E-state index in [0.29, 0.717) is 22.9 Å². The number of fused-ring (bicyclic) bond motifs is 1. The quantitative estimate of drug-likeness (QED) is 0.670. The molecule has 3 aromatic rings. The molecular formula is C19H17ClN2O2. The fraction of sp³-hybridized carbons (Fsp3) is 0.158. The van der Waals surface area contributed by atoms with Gasteiger partial charge in [-0.1, -0.05) is 29.8 Å². The van der Waals surface area contributed by atoms with E-state index in [1.807, 2.05) is 49.4 Å². The minimum absolute atomic E-state index is 0.311. The zero-order valence-electron chi connectivity index (χ0n) is 13.5. The zero-order chi connectivity index (χ0) is 17.1. The number of carbonyl (C=O) groups excluding carboxylic acids is 1. The summed E-state index contributed by atoms with van der Waals surface area (Å²) < 4.78 is 5.16. The number of esters is 1. The van der Waals surface area contributed by atoms with Crippen LogP contribution in [0.15, 0.2) is 48.7 Å². The Bertz CT molecular complexity index is 909. The van der Waals surface area contributed by atoms with E-state index in [4.69, 9.17) is 16.3 Å². The molecule has 0 aliphatic carbocycles. The third-order valence-corrected chi connectivity index (χ3v) is 3.95. The molecule has 0 radical (unpaired) electrons. The average molecular weight is 341 g/mol. The number of nitrogens with zero attached hydrogens (tertiary/aromatic N) is 1. The number of halogens is 1. The van der Waals surface area contributed by atoms with Crippen LogP contribution in [0.2, 0.25) is 5.02 Å². The number of ether oxygens (including phenoxy) is 1. The van der Waals surface area contributed by atoms with Crippen molar-refractivity contribution >= 4 is 39.8 Å². The van der Waals surface area contributed by atoms with Gasteiger partial charge < -0.3 is 10.1 Å². The highest BCUT2D eigenvalue weighted by Gasteiger charge is 2.17. The molecule has 0 unspecified atom stereocenters. The molecule has 4 nitrogen and oxygen atoms in total. The number of nitrogens with one attached hydrogen (secondary N) is 1. The maximum atomic E-state index is 12.3. The molecule has 0 fully saturated rings. The zero-order valence-corrected chi connectivity index (χ0v) is 14.2. The van der Waals surface area contributed by atoms with Crippen molar-refractivity contribution in [1.82, 2.24) is 4.98 Å². The highest BCUT2D eigenvalue weighted by atomic mass is 35.5. The van der Waals surface area contributed by atoms with Crippen LogP contribution in [0.3, 0.4) is 0 Å².